The summed E-state index contributed by atoms with van der Waals surface area (Å²) >= 11 is 2.23. The van der Waals surface area contributed by atoms with Crippen molar-refractivity contribution in [3.05, 3.63) is 0 Å². The smallest absolute Gasteiger partial charge is 0.0169 e. The standard InChI is InChI=1S/C8H14S/c1-2-4-6-8-7(9-8)5-3-1/h7-8H,1-6H2/t7-,8+. The Balaban J connectivity index is 1.81. The zero-order valence-corrected chi connectivity index (χ0v) is 6.62. The van der Waals surface area contributed by atoms with Crippen molar-refractivity contribution in [1.29, 1.82) is 0 Å². The number of hydrogen-bond donors (Lipinski definition) is 0. The molecule has 52 valence electrons. The topological polar surface area (TPSA) is 0 Å². The molecule has 2 aliphatic rings. The highest BCUT2D eigenvalue weighted by Gasteiger charge is 2.37. The molecular formula is C8H14S. The van der Waals surface area contributed by atoms with Crippen molar-refractivity contribution in [2.75, 3.05) is 0 Å². The second-order valence-corrected chi connectivity index (χ2v) is 4.69. The van der Waals surface area contributed by atoms with Gasteiger partial charge in [0.15, 0.2) is 0 Å². The minimum atomic E-state index is 1.10. The summed E-state index contributed by atoms with van der Waals surface area (Å²) < 4.78 is 0. The Bertz CT molecular complexity index is 88.7. The van der Waals surface area contributed by atoms with Crippen LogP contribution < -0.4 is 0 Å². The van der Waals surface area contributed by atoms with Gasteiger partial charge in [0.05, 0.1) is 0 Å². The van der Waals surface area contributed by atoms with Crippen LogP contribution in [0.25, 0.3) is 0 Å². The molecule has 0 aromatic carbocycles. The van der Waals surface area contributed by atoms with Crippen LogP contribution in [0, 0.1) is 0 Å². The van der Waals surface area contributed by atoms with Gasteiger partial charge in [-0.05, 0) is 12.8 Å². The minimum Gasteiger partial charge on any atom is -0.153 e. The van der Waals surface area contributed by atoms with Gasteiger partial charge in [-0.15, -0.1) is 0 Å². The second kappa shape index (κ2) is 2.53. The summed E-state index contributed by atoms with van der Waals surface area (Å²) in [4.78, 5) is 0. The first-order chi connectivity index (χ1) is 4.47. The summed E-state index contributed by atoms with van der Waals surface area (Å²) in [6.45, 7) is 0. The Morgan fingerprint density at radius 1 is 0.778 bits per heavy atom. The molecule has 0 N–H and O–H groups in total. The molecule has 2 atom stereocenters. The fraction of sp³-hybridized carbons (Fsp3) is 1.00. The zero-order chi connectivity index (χ0) is 6.10. The molecule has 0 nitrogen and oxygen atoms in total. The molecule has 0 bridgehead atoms. The summed E-state index contributed by atoms with van der Waals surface area (Å²) in [6.07, 6.45) is 9.07. The van der Waals surface area contributed by atoms with Crippen LogP contribution >= 0.6 is 11.8 Å². The third kappa shape index (κ3) is 1.43. The van der Waals surface area contributed by atoms with Crippen molar-refractivity contribution in [3.63, 3.8) is 0 Å². The van der Waals surface area contributed by atoms with E-state index in [1.54, 1.807) is 0 Å². The molecule has 1 aliphatic heterocycles. The molecule has 0 unspecified atom stereocenters. The van der Waals surface area contributed by atoms with Gasteiger partial charge in [0.25, 0.3) is 0 Å². The molecular weight excluding hydrogens is 128 g/mol. The molecule has 2 fully saturated rings. The number of thioether (sulfide) groups is 1. The molecule has 1 heteroatoms. The number of rotatable bonds is 0. The first-order valence-electron chi connectivity index (χ1n) is 4.12. The fourth-order valence-corrected chi connectivity index (χ4v) is 2.97. The molecule has 0 amide bonds. The van der Waals surface area contributed by atoms with E-state index in [1.807, 2.05) is 0 Å². The Kier molecular flexibility index (Phi) is 1.71. The highest BCUT2D eigenvalue weighted by atomic mass is 32.2. The predicted molar refractivity (Wildman–Crippen MR) is 42.9 cm³/mol. The van der Waals surface area contributed by atoms with E-state index in [2.05, 4.69) is 11.8 Å². The van der Waals surface area contributed by atoms with Crippen LogP contribution in [0.4, 0.5) is 0 Å². The van der Waals surface area contributed by atoms with Crippen LogP contribution in [-0.2, 0) is 0 Å². The fourth-order valence-electron chi connectivity index (χ4n) is 1.73. The average Bonchev–Trinajstić information content (AvgIpc) is 2.46. The monoisotopic (exact) mass is 142 g/mol. The molecule has 2 rings (SSSR count). The largest absolute Gasteiger partial charge is 0.153 e. The maximum atomic E-state index is 2.23. The third-order valence-electron chi connectivity index (χ3n) is 2.41. The lowest BCUT2D eigenvalue weighted by atomic mass is 10.0. The van der Waals surface area contributed by atoms with Gasteiger partial charge in [-0.3, -0.25) is 0 Å². The first kappa shape index (κ1) is 6.09. The Hall–Kier alpha value is 0.350. The SMILES string of the molecule is C1CCC[C@H]2S[C@H]2CC1. The van der Waals surface area contributed by atoms with Crippen LogP contribution in [0.2, 0.25) is 0 Å². The van der Waals surface area contributed by atoms with Crippen molar-refractivity contribution in [2.24, 2.45) is 0 Å². The molecule has 0 aromatic rings. The van der Waals surface area contributed by atoms with Gasteiger partial charge < -0.3 is 0 Å². The van der Waals surface area contributed by atoms with Gasteiger partial charge in [0, 0.05) is 10.5 Å². The molecule has 9 heavy (non-hydrogen) atoms. The van der Waals surface area contributed by atoms with E-state index in [-0.39, 0.29) is 0 Å². The summed E-state index contributed by atoms with van der Waals surface area (Å²) in [5.74, 6) is 0. The van der Waals surface area contributed by atoms with Gasteiger partial charge in [-0.25, -0.2) is 0 Å². The molecule has 1 saturated carbocycles. The molecule has 0 aromatic heterocycles. The summed E-state index contributed by atoms with van der Waals surface area (Å²) in [6, 6.07) is 0. The average molecular weight is 142 g/mol. The highest BCUT2D eigenvalue weighted by Crippen LogP contribution is 2.48. The zero-order valence-electron chi connectivity index (χ0n) is 5.81. The van der Waals surface area contributed by atoms with Gasteiger partial charge in [0.1, 0.15) is 0 Å². The van der Waals surface area contributed by atoms with E-state index < -0.39 is 0 Å². The van der Waals surface area contributed by atoms with Crippen molar-refractivity contribution >= 4 is 11.8 Å². The van der Waals surface area contributed by atoms with Gasteiger partial charge in [-0.1, -0.05) is 25.7 Å². The molecule has 0 spiro atoms. The van der Waals surface area contributed by atoms with E-state index in [4.69, 9.17) is 0 Å². The van der Waals surface area contributed by atoms with Crippen molar-refractivity contribution in [1.82, 2.24) is 0 Å². The Morgan fingerprint density at radius 2 is 1.33 bits per heavy atom. The number of fused-ring (bicyclic) bond motifs is 1. The quantitative estimate of drug-likeness (QED) is 0.469. The molecule has 1 heterocycles. The van der Waals surface area contributed by atoms with Gasteiger partial charge in [0.2, 0.25) is 0 Å². The summed E-state index contributed by atoms with van der Waals surface area (Å²) in [5, 5.41) is 2.20. The lowest BCUT2D eigenvalue weighted by molar-refractivity contribution is 0.551. The van der Waals surface area contributed by atoms with Crippen molar-refractivity contribution in [3.8, 4) is 0 Å². The lowest BCUT2D eigenvalue weighted by Gasteiger charge is -2.03. The molecule has 1 saturated heterocycles. The van der Waals surface area contributed by atoms with E-state index in [0.717, 1.165) is 10.5 Å². The number of hydrogen-bond acceptors (Lipinski definition) is 1. The van der Waals surface area contributed by atoms with E-state index in [1.165, 1.54) is 38.5 Å². The van der Waals surface area contributed by atoms with Crippen LogP contribution in [0.5, 0.6) is 0 Å². The van der Waals surface area contributed by atoms with E-state index in [9.17, 15) is 0 Å². The maximum Gasteiger partial charge on any atom is 0.0169 e. The molecule has 0 radical (unpaired) electrons. The van der Waals surface area contributed by atoms with Crippen molar-refractivity contribution < 1.29 is 0 Å². The first-order valence-corrected chi connectivity index (χ1v) is 5.06. The summed E-state index contributed by atoms with van der Waals surface area (Å²) in [7, 11) is 0. The van der Waals surface area contributed by atoms with Crippen LogP contribution in [0.3, 0.4) is 0 Å². The van der Waals surface area contributed by atoms with Gasteiger partial charge >= 0.3 is 0 Å². The third-order valence-corrected chi connectivity index (χ3v) is 3.93. The Labute approximate surface area is 61.4 Å². The second-order valence-electron chi connectivity index (χ2n) is 3.20. The minimum absolute atomic E-state index is 1.10. The van der Waals surface area contributed by atoms with E-state index in [0.29, 0.717) is 0 Å². The van der Waals surface area contributed by atoms with Gasteiger partial charge in [-0.2, -0.15) is 11.8 Å². The molecule has 1 aliphatic carbocycles. The predicted octanol–water partition coefficient (Wildman–Crippen LogP) is 2.82. The highest BCUT2D eigenvalue weighted by molar-refractivity contribution is 8.07. The summed E-state index contributed by atoms with van der Waals surface area (Å²) in [5.41, 5.74) is 0. The van der Waals surface area contributed by atoms with Crippen LogP contribution in [0.15, 0.2) is 0 Å². The van der Waals surface area contributed by atoms with E-state index >= 15 is 0 Å². The van der Waals surface area contributed by atoms with Crippen molar-refractivity contribution in [2.45, 2.75) is 49.0 Å². The van der Waals surface area contributed by atoms with Crippen LogP contribution in [0.1, 0.15) is 38.5 Å². The maximum absolute atomic E-state index is 2.23. The lowest BCUT2D eigenvalue weighted by Crippen LogP contribution is -1.97. The van der Waals surface area contributed by atoms with Crippen LogP contribution in [-0.4, -0.2) is 10.5 Å². The Morgan fingerprint density at radius 3 is 1.89 bits per heavy atom. The normalized spacial score (nSPS) is 42.7.